The molecule has 0 atom stereocenters. The Morgan fingerprint density at radius 2 is 2.10 bits per heavy atom. The fourth-order valence-electron chi connectivity index (χ4n) is 2.65. The molecule has 4 aromatic rings. The molecule has 3 aromatic heterocycles. The van der Waals surface area contributed by atoms with Crippen molar-refractivity contribution < 1.29 is 4.79 Å². The summed E-state index contributed by atoms with van der Waals surface area (Å²) < 4.78 is 3.24. The molecule has 0 aliphatic heterocycles. The van der Waals surface area contributed by atoms with E-state index in [-0.39, 0.29) is 17.2 Å². The lowest BCUT2D eigenvalue weighted by Gasteiger charge is -2.04. The third-order valence-electron chi connectivity index (χ3n) is 4.06. The lowest BCUT2D eigenvalue weighted by Crippen LogP contribution is -2.24. The van der Waals surface area contributed by atoms with Crippen LogP contribution in [-0.4, -0.2) is 30.8 Å². The third kappa shape index (κ3) is 4.87. The molecule has 148 valence electrons. The molecule has 29 heavy (non-hydrogen) atoms. The van der Waals surface area contributed by atoms with E-state index in [0.29, 0.717) is 28.0 Å². The van der Waals surface area contributed by atoms with Crippen LogP contribution in [0.1, 0.15) is 11.3 Å². The van der Waals surface area contributed by atoms with Crippen LogP contribution in [0.2, 0.25) is 5.02 Å². The Bertz CT molecular complexity index is 1200. The summed E-state index contributed by atoms with van der Waals surface area (Å²) in [6.45, 7) is 0.397. The number of nitrogens with one attached hydrogen (secondary N) is 1. The molecular formula is C19H16ClN5O2S2. The number of halogens is 1. The molecule has 7 nitrogen and oxygen atoms in total. The van der Waals surface area contributed by atoms with Gasteiger partial charge in [-0.15, -0.1) is 23.1 Å². The van der Waals surface area contributed by atoms with E-state index in [2.05, 4.69) is 15.4 Å². The van der Waals surface area contributed by atoms with Crippen molar-refractivity contribution in [2.45, 2.75) is 12.3 Å². The second-order valence-electron chi connectivity index (χ2n) is 6.18. The van der Waals surface area contributed by atoms with E-state index in [0.717, 1.165) is 11.3 Å². The van der Waals surface area contributed by atoms with Gasteiger partial charge < -0.3 is 5.32 Å². The highest BCUT2D eigenvalue weighted by Crippen LogP contribution is 2.14. The molecule has 1 amide bonds. The highest BCUT2D eigenvalue weighted by Gasteiger charge is 2.07. The number of hydrogen-bond acceptors (Lipinski definition) is 6. The number of benzene rings is 1. The third-order valence-corrected chi connectivity index (χ3v) is 6.03. The van der Waals surface area contributed by atoms with Crippen LogP contribution >= 0.6 is 34.7 Å². The zero-order chi connectivity index (χ0) is 20.2. The van der Waals surface area contributed by atoms with Gasteiger partial charge in [0.15, 0.2) is 4.96 Å². The Morgan fingerprint density at radius 3 is 2.93 bits per heavy atom. The number of carbonyl (C=O) groups excluding carboxylic acids is 1. The summed E-state index contributed by atoms with van der Waals surface area (Å²) in [5.74, 6) is 0.714. The molecule has 10 heteroatoms. The first kappa shape index (κ1) is 19.7. The van der Waals surface area contributed by atoms with Gasteiger partial charge in [0.05, 0.1) is 23.3 Å². The van der Waals surface area contributed by atoms with Gasteiger partial charge in [0, 0.05) is 46.7 Å². The van der Waals surface area contributed by atoms with Gasteiger partial charge in [0.25, 0.3) is 5.56 Å². The first-order chi connectivity index (χ1) is 14.1. The van der Waals surface area contributed by atoms with E-state index in [1.807, 2.05) is 23.7 Å². The molecule has 1 aromatic carbocycles. The van der Waals surface area contributed by atoms with E-state index in [4.69, 9.17) is 11.6 Å². The Kier molecular flexibility index (Phi) is 5.98. The van der Waals surface area contributed by atoms with Crippen molar-refractivity contribution in [2.75, 3.05) is 5.75 Å². The maximum atomic E-state index is 12.1. The average Bonchev–Trinajstić information content (AvgIpc) is 3.37. The maximum Gasteiger partial charge on any atom is 0.258 e. The van der Waals surface area contributed by atoms with Crippen molar-refractivity contribution in [2.24, 2.45) is 0 Å². The van der Waals surface area contributed by atoms with E-state index >= 15 is 0 Å². The Labute approximate surface area is 179 Å². The molecule has 0 saturated carbocycles. The quantitative estimate of drug-likeness (QED) is 0.472. The number of rotatable bonds is 7. The lowest BCUT2D eigenvalue weighted by atomic mass is 10.3. The van der Waals surface area contributed by atoms with Gasteiger partial charge in [0.2, 0.25) is 5.91 Å². The van der Waals surface area contributed by atoms with E-state index in [1.165, 1.54) is 33.6 Å². The standard InChI is InChI=1S/C19H16ClN5O2S2/c20-14-1-3-16(4-2-14)25-10-13(9-22-25)8-21-17(26)12-28-11-15-7-18(27)24-5-6-29-19(24)23-15/h1-7,9-10H,8,11-12H2,(H,21,26). The lowest BCUT2D eigenvalue weighted by molar-refractivity contribution is -0.118. The summed E-state index contributed by atoms with van der Waals surface area (Å²) >= 11 is 8.73. The second-order valence-corrected chi connectivity index (χ2v) is 8.48. The first-order valence-corrected chi connectivity index (χ1v) is 11.1. The number of thiazole rings is 1. The average molecular weight is 446 g/mol. The van der Waals surface area contributed by atoms with E-state index in [1.54, 1.807) is 29.2 Å². The zero-order valence-electron chi connectivity index (χ0n) is 15.1. The van der Waals surface area contributed by atoms with Crippen LogP contribution < -0.4 is 10.9 Å². The molecule has 4 rings (SSSR count). The number of aromatic nitrogens is 4. The molecule has 0 fully saturated rings. The minimum absolute atomic E-state index is 0.0804. The Morgan fingerprint density at radius 1 is 1.28 bits per heavy atom. The number of fused-ring (bicyclic) bond motifs is 1. The number of nitrogens with zero attached hydrogens (tertiary/aromatic N) is 4. The van der Waals surface area contributed by atoms with Crippen molar-refractivity contribution in [3.05, 3.63) is 80.9 Å². The van der Waals surface area contributed by atoms with Crippen molar-refractivity contribution in [3.63, 3.8) is 0 Å². The molecule has 0 aliphatic carbocycles. The smallest absolute Gasteiger partial charge is 0.258 e. The number of thioether (sulfide) groups is 1. The van der Waals surface area contributed by atoms with Gasteiger partial charge in [-0.05, 0) is 24.3 Å². The number of hydrogen-bond donors (Lipinski definition) is 1. The molecular weight excluding hydrogens is 430 g/mol. The summed E-state index contributed by atoms with van der Waals surface area (Å²) in [5, 5.41) is 9.67. The van der Waals surface area contributed by atoms with Crippen molar-refractivity contribution in [3.8, 4) is 5.69 Å². The summed E-state index contributed by atoms with van der Waals surface area (Å²) in [7, 11) is 0. The first-order valence-electron chi connectivity index (χ1n) is 8.68. The molecule has 0 spiro atoms. The fraction of sp³-hybridized carbons (Fsp3) is 0.158. The summed E-state index contributed by atoms with van der Waals surface area (Å²) in [6.07, 6.45) is 5.29. The highest BCUT2D eigenvalue weighted by molar-refractivity contribution is 7.99. The van der Waals surface area contributed by atoms with Crippen LogP contribution in [0.3, 0.4) is 0 Å². The maximum absolute atomic E-state index is 12.1. The predicted molar refractivity (Wildman–Crippen MR) is 116 cm³/mol. The van der Waals surface area contributed by atoms with E-state index in [9.17, 15) is 9.59 Å². The predicted octanol–water partition coefficient (Wildman–Crippen LogP) is 3.14. The SMILES string of the molecule is O=C(CSCc1cc(=O)n2ccsc2n1)NCc1cnn(-c2ccc(Cl)cc2)c1. The van der Waals surface area contributed by atoms with Crippen LogP contribution in [0.25, 0.3) is 10.6 Å². The fourth-order valence-corrected chi connectivity index (χ4v) is 4.26. The minimum Gasteiger partial charge on any atom is -0.351 e. The van der Waals surface area contributed by atoms with Gasteiger partial charge in [-0.1, -0.05) is 11.6 Å². The topological polar surface area (TPSA) is 81.3 Å². The molecule has 0 aliphatic rings. The van der Waals surface area contributed by atoms with Crippen molar-refractivity contribution in [1.29, 1.82) is 0 Å². The second kappa shape index (κ2) is 8.81. The molecule has 0 radical (unpaired) electrons. The molecule has 0 saturated heterocycles. The molecule has 1 N–H and O–H groups in total. The van der Waals surface area contributed by atoms with Crippen LogP contribution in [-0.2, 0) is 17.1 Å². The van der Waals surface area contributed by atoms with E-state index < -0.39 is 0 Å². The monoisotopic (exact) mass is 445 g/mol. The zero-order valence-corrected chi connectivity index (χ0v) is 17.5. The van der Waals surface area contributed by atoms with Crippen LogP contribution in [0.5, 0.6) is 0 Å². The van der Waals surface area contributed by atoms with Crippen molar-refractivity contribution in [1.82, 2.24) is 24.5 Å². The van der Waals surface area contributed by atoms with Crippen LogP contribution in [0.4, 0.5) is 0 Å². The Balaban J connectivity index is 1.26. The van der Waals surface area contributed by atoms with Gasteiger partial charge in [-0.25, -0.2) is 9.67 Å². The molecule has 3 heterocycles. The van der Waals surface area contributed by atoms with Gasteiger partial charge >= 0.3 is 0 Å². The van der Waals surface area contributed by atoms with Gasteiger partial charge in [-0.2, -0.15) is 5.10 Å². The van der Waals surface area contributed by atoms with Crippen LogP contribution in [0, 0.1) is 0 Å². The summed E-state index contributed by atoms with van der Waals surface area (Å²) in [5.41, 5.74) is 2.37. The van der Waals surface area contributed by atoms with Crippen molar-refractivity contribution >= 4 is 45.6 Å². The Hall–Kier alpha value is -2.62. The molecule has 0 unspecified atom stereocenters. The minimum atomic E-state index is -0.103. The highest BCUT2D eigenvalue weighted by atomic mass is 35.5. The van der Waals surface area contributed by atoms with Gasteiger partial charge in [0.1, 0.15) is 0 Å². The van der Waals surface area contributed by atoms with Crippen LogP contribution in [0.15, 0.2) is 59.1 Å². The normalized spacial score (nSPS) is 11.1. The largest absolute Gasteiger partial charge is 0.351 e. The number of carbonyl (C=O) groups is 1. The summed E-state index contributed by atoms with van der Waals surface area (Å²) in [4.78, 5) is 29.2. The summed E-state index contributed by atoms with van der Waals surface area (Å²) in [6, 6.07) is 8.87. The number of amides is 1. The van der Waals surface area contributed by atoms with Gasteiger partial charge in [-0.3, -0.25) is 14.0 Å². The molecule has 0 bridgehead atoms.